The van der Waals surface area contributed by atoms with Gasteiger partial charge in [0, 0.05) is 23.4 Å². The van der Waals surface area contributed by atoms with Crippen molar-refractivity contribution in [2.45, 2.75) is 49.5 Å². The minimum Gasteiger partial charge on any atom is -0.468 e. The number of ether oxygens (including phenoxy) is 1. The highest BCUT2D eigenvalue weighted by atomic mass is 32.2. The van der Waals surface area contributed by atoms with Crippen LogP contribution in [0.15, 0.2) is 15.9 Å². The van der Waals surface area contributed by atoms with E-state index in [0.717, 1.165) is 22.9 Å². The maximum Gasteiger partial charge on any atom is 0.325 e. The van der Waals surface area contributed by atoms with Gasteiger partial charge >= 0.3 is 5.97 Å². The van der Waals surface area contributed by atoms with Crippen LogP contribution in [0.2, 0.25) is 0 Å². The van der Waals surface area contributed by atoms with E-state index >= 15 is 0 Å². The van der Waals surface area contributed by atoms with E-state index in [9.17, 15) is 4.79 Å². The van der Waals surface area contributed by atoms with Crippen LogP contribution in [0, 0.1) is 0 Å². The lowest BCUT2D eigenvalue weighted by Crippen LogP contribution is -2.53. The van der Waals surface area contributed by atoms with Crippen molar-refractivity contribution in [3.05, 3.63) is 11.6 Å². The van der Waals surface area contributed by atoms with Crippen LogP contribution in [0.4, 0.5) is 0 Å². The Morgan fingerprint density at radius 2 is 2.37 bits per heavy atom. The number of carbonyl (C=O) groups is 1. The van der Waals surface area contributed by atoms with Gasteiger partial charge in [0.25, 0.3) is 0 Å². The molecule has 1 atom stereocenters. The number of carbonyl (C=O) groups excluding carboxylic acids is 1. The van der Waals surface area contributed by atoms with E-state index in [1.54, 1.807) is 23.1 Å². The highest BCUT2D eigenvalue weighted by molar-refractivity contribution is 8.00. The quantitative estimate of drug-likeness (QED) is 0.454. The summed E-state index contributed by atoms with van der Waals surface area (Å²) in [5, 5.41) is 5.28. The predicted octanol–water partition coefficient (Wildman–Crippen LogP) is 2.95. The van der Waals surface area contributed by atoms with Gasteiger partial charge in [0.05, 0.1) is 7.11 Å². The molecule has 108 valence electrons. The summed E-state index contributed by atoms with van der Waals surface area (Å²) in [6.07, 6.45) is 3.51. The number of methoxy groups -OCH3 is 1. The first-order valence-electron chi connectivity index (χ1n) is 6.36. The van der Waals surface area contributed by atoms with E-state index in [1.165, 1.54) is 7.11 Å². The number of thiazole rings is 1. The van der Waals surface area contributed by atoms with E-state index < -0.39 is 5.54 Å². The first-order chi connectivity index (χ1) is 8.98. The Bertz CT molecular complexity index is 382. The van der Waals surface area contributed by atoms with Gasteiger partial charge < -0.3 is 4.74 Å². The molecule has 1 aromatic rings. The van der Waals surface area contributed by atoms with Crippen LogP contribution in [0.3, 0.4) is 0 Å². The highest BCUT2D eigenvalue weighted by Crippen LogP contribution is 2.23. The molecule has 0 aliphatic rings. The SMILES string of the molecule is COC(=O)C(C)(CCCSc1nccs1)NC(C)C. The van der Waals surface area contributed by atoms with Gasteiger partial charge in [-0.25, -0.2) is 4.98 Å². The summed E-state index contributed by atoms with van der Waals surface area (Å²) in [5.74, 6) is 0.764. The van der Waals surface area contributed by atoms with Crippen LogP contribution in [-0.4, -0.2) is 35.4 Å². The fourth-order valence-electron chi connectivity index (χ4n) is 1.96. The summed E-state index contributed by atoms with van der Waals surface area (Å²) < 4.78 is 5.98. The van der Waals surface area contributed by atoms with Crippen molar-refractivity contribution in [3.8, 4) is 0 Å². The number of rotatable bonds is 8. The number of hydrogen-bond acceptors (Lipinski definition) is 6. The largest absolute Gasteiger partial charge is 0.468 e. The standard InChI is InChI=1S/C13H22N2O2S2/c1-10(2)15-13(3,11(16)17-4)6-5-8-18-12-14-7-9-19-12/h7,9-10,15H,5-6,8H2,1-4H3. The van der Waals surface area contributed by atoms with E-state index in [0.29, 0.717) is 0 Å². The molecule has 1 heterocycles. The maximum atomic E-state index is 11.9. The van der Waals surface area contributed by atoms with Crippen molar-refractivity contribution in [3.63, 3.8) is 0 Å². The van der Waals surface area contributed by atoms with Crippen LogP contribution < -0.4 is 5.32 Å². The molecule has 1 N–H and O–H groups in total. The molecule has 1 aromatic heterocycles. The molecular weight excluding hydrogens is 280 g/mol. The molecular formula is C13H22N2O2S2. The predicted molar refractivity (Wildman–Crippen MR) is 80.8 cm³/mol. The van der Waals surface area contributed by atoms with Gasteiger partial charge in [0.1, 0.15) is 9.88 Å². The topological polar surface area (TPSA) is 51.2 Å². The van der Waals surface area contributed by atoms with E-state index in [2.05, 4.69) is 10.3 Å². The summed E-state index contributed by atoms with van der Waals surface area (Å²) >= 11 is 3.38. The number of thioether (sulfide) groups is 1. The summed E-state index contributed by atoms with van der Waals surface area (Å²) in [5.41, 5.74) is -0.605. The maximum absolute atomic E-state index is 11.9. The summed E-state index contributed by atoms with van der Waals surface area (Å²) in [6, 6.07) is 0.246. The Balaban J connectivity index is 2.42. The average molecular weight is 302 g/mol. The Morgan fingerprint density at radius 3 is 2.89 bits per heavy atom. The zero-order chi connectivity index (χ0) is 14.3. The number of nitrogens with one attached hydrogen (secondary N) is 1. The number of esters is 1. The van der Waals surface area contributed by atoms with E-state index in [4.69, 9.17) is 4.74 Å². The minimum absolute atomic E-state index is 0.194. The molecule has 0 fully saturated rings. The molecule has 0 aromatic carbocycles. The molecule has 1 unspecified atom stereocenters. The van der Waals surface area contributed by atoms with Crippen molar-refractivity contribution in [1.82, 2.24) is 10.3 Å². The van der Waals surface area contributed by atoms with Crippen LogP contribution in [-0.2, 0) is 9.53 Å². The Kier molecular flexibility index (Phi) is 6.82. The lowest BCUT2D eigenvalue weighted by Gasteiger charge is -2.30. The Morgan fingerprint density at radius 1 is 1.63 bits per heavy atom. The summed E-state index contributed by atoms with van der Waals surface area (Å²) in [4.78, 5) is 16.1. The first-order valence-corrected chi connectivity index (χ1v) is 8.23. The van der Waals surface area contributed by atoms with Gasteiger partial charge in [0.2, 0.25) is 0 Å². The average Bonchev–Trinajstić information content (AvgIpc) is 2.85. The molecule has 0 saturated carbocycles. The van der Waals surface area contributed by atoms with Crippen LogP contribution >= 0.6 is 23.1 Å². The van der Waals surface area contributed by atoms with Gasteiger partial charge in [-0.3, -0.25) is 10.1 Å². The van der Waals surface area contributed by atoms with Gasteiger partial charge in [-0.15, -0.1) is 11.3 Å². The Labute approximate surface area is 123 Å². The normalized spacial score (nSPS) is 14.4. The van der Waals surface area contributed by atoms with Gasteiger partial charge in [-0.2, -0.15) is 0 Å². The van der Waals surface area contributed by atoms with Crippen LogP contribution in [0.1, 0.15) is 33.6 Å². The number of aromatic nitrogens is 1. The van der Waals surface area contributed by atoms with Crippen LogP contribution in [0.5, 0.6) is 0 Å². The van der Waals surface area contributed by atoms with Crippen LogP contribution in [0.25, 0.3) is 0 Å². The van der Waals surface area contributed by atoms with Crippen molar-refractivity contribution >= 4 is 29.1 Å². The lowest BCUT2D eigenvalue weighted by molar-refractivity contribution is -0.148. The second-order valence-electron chi connectivity index (χ2n) is 4.87. The molecule has 1 rings (SSSR count). The van der Waals surface area contributed by atoms with E-state index in [-0.39, 0.29) is 12.0 Å². The molecule has 0 bridgehead atoms. The number of hydrogen-bond donors (Lipinski definition) is 1. The van der Waals surface area contributed by atoms with Gasteiger partial charge in [-0.05, 0) is 33.6 Å². The molecule has 0 radical (unpaired) electrons. The first kappa shape index (κ1) is 16.5. The fourth-order valence-corrected chi connectivity index (χ4v) is 3.61. The van der Waals surface area contributed by atoms with Gasteiger partial charge in [0.15, 0.2) is 0 Å². The third-order valence-corrected chi connectivity index (χ3v) is 4.75. The third-order valence-electron chi connectivity index (χ3n) is 2.70. The van der Waals surface area contributed by atoms with Crippen molar-refractivity contribution in [2.75, 3.05) is 12.9 Å². The third kappa shape index (κ3) is 5.50. The van der Waals surface area contributed by atoms with Gasteiger partial charge in [-0.1, -0.05) is 11.8 Å². The van der Waals surface area contributed by atoms with Crippen molar-refractivity contribution in [1.29, 1.82) is 0 Å². The smallest absolute Gasteiger partial charge is 0.325 e. The highest BCUT2D eigenvalue weighted by Gasteiger charge is 2.33. The molecule has 0 aliphatic carbocycles. The Hall–Kier alpha value is -0.590. The molecule has 0 amide bonds. The molecule has 19 heavy (non-hydrogen) atoms. The molecule has 0 aliphatic heterocycles. The zero-order valence-electron chi connectivity index (χ0n) is 11.9. The van der Waals surface area contributed by atoms with Crippen molar-refractivity contribution < 1.29 is 9.53 Å². The number of nitrogens with zero attached hydrogens (tertiary/aromatic N) is 1. The van der Waals surface area contributed by atoms with E-state index in [1.807, 2.05) is 32.3 Å². The second-order valence-corrected chi connectivity index (χ2v) is 7.11. The molecule has 0 spiro atoms. The monoisotopic (exact) mass is 302 g/mol. The molecule has 6 heteroatoms. The molecule has 0 saturated heterocycles. The minimum atomic E-state index is -0.605. The van der Waals surface area contributed by atoms with Crippen molar-refractivity contribution in [2.24, 2.45) is 0 Å². The fraction of sp³-hybridized carbons (Fsp3) is 0.692. The summed E-state index contributed by atoms with van der Waals surface area (Å²) in [7, 11) is 1.44. The second kappa shape index (κ2) is 7.87. The summed E-state index contributed by atoms with van der Waals surface area (Å²) in [6.45, 7) is 5.98. The zero-order valence-corrected chi connectivity index (χ0v) is 13.6. The molecule has 4 nitrogen and oxygen atoms in total. The lowest BCUT2D eigenvalue weighted by atomic mass is 9.95.